The number of aromatic nitrogens is 3. The van der Waals surface area contributed by atoms with E-state index in [4.69, 9.17) is 9.47 Å². The van der Waals surface area contributed by atoms with Crippen molar-refractivity contribution in [1.29, 1.82) is 0 Å². The van der Waals surface area contributed by atoms with Crippen LogP contribution in [0.25, 0.3) is 0 Å². The number of benzene rings is 1. The van der Waals surface area contributed by atoms with Crippen LogP contribution in [0.1, 0.15) is 38.4 Å². The van der Waals surface area contributed by atoms with E-state index in [9.17, 15) is 0 Å². The Morgan fingerprint density at radius 3 is 2.64 bits per heavy atom. The van der Waals surface area contributed by atoms with Crippen molar-refractivity contribution in [2.45, 2.75) is 45.8 Å². The normalized spacial score (nSPS) is 15.6. The Bertz CT molecular complexity index is 747. The number of ether oxygens (including phenoxy) is 2. The Morgan fingerprint density at radius 2 is 1.93 bits per heavy atom. The first-order chi connectivity index (χ1) is 13.5. The average molecular weight is 388 g/mol. The van der Waals surface area contributed by atoms with Crippen LogP contribution in [0.5, 0.6) is 11.5 Å². The van der Waals surface area contributed by atoms with Crippen LogP contribution in [0.4, 0.5) is 0 Å². The zero-order valence-corrected chi connectivity index (χ0v) is 17.6. The molecule has 2 heterocycles. The van der Waals surface area contributed by atoms with Crippen molar-refractivity contribution >= 4 is 0 Å². The van der Waals surface area contributed by atoms with Gasteiger partial charge in [-0.25, -0.2) is 0 Å². The predicted octanol–water partition coefficient (Wildman–Crippen LogP) is 2.46. The zero-order chi connectivity index (χ0) is 20.0. The number of aryl methyl sites for hydroxylation is 1. The predicted molar refractivity (Wildman–Crippen MR) is 110 cm³/mol. The number of rotatable bonds is 8. The maximum atomic E-state index is 6.08. The van der Waals surface area contributed by atoms with Gasteiger partial charge in [0.1, 0.15) is 23.8 Å². The van der Waals surface area contributed by atoms with Crippen LogP contribution in [0.2, 0.25) is 0 Å². The first-order valence-electron chi connectivity index (χ1n) is 10.1. The van der Waals surface area contributed by atoms with Gasteiger partial charge < -0.3 is 19.7 Å². The third kappa shape index (κ3) is 5.69. The maximum Gasteiger partial charge on any atom is 0.134 e. The van der Waals surface area contributed by atoms with Crippen molar-refractivity contribution in [3.8, 4) is 11.5 Å². The fourth-order valence-corrected chi connectivity index (χ4v) is 3.40. The molecule has 0 unspecified atom stereocenters. The molecule has 154 valence electrons. The average Bonchev–Trinajstić information content (AvgIpc) is 3.14. The molecular weight excluding hydrogens is 354 g/mol. The summed E-state index contributed by atoms with van der Waals surface area (Å²) in [6.45, 7) is 13.4. The minimum absolute atomic E-state index is 0.0363. The number of nitrogens with zero attached hydrogens (tertiary/aromatic N) is 4. The van der Waals surface area contributed by atoms with Gasteiger partial charge in [-0.2, -0.15) is 0 Å². The minimum Gasteiger partial charge on any atom is -0.497 e. The van der Waals surface area contributed by atoms with Crippen molar-refractivity contribution in [3.63, 3.8) is 0 Å². The summed E-state index contributed by atoms with van der Waals surface area (Å²) in [7, 11) is 1.68. The molecule has 0 radical (unpaired) electrons. The number of piperazine rings is 1. The van der Waals surface area contributed by atoms with E-state index in [1.54, 1.807) is 7.11 Å². The quantitative estimate of drug-likeness (QED) is 0.751. The Hall–Kier alpha value is -2.12. The second-order valence-corrected chi connectivity index (χ2v) is 8.32. The highest BCUT2D eigenvalue weighted by atomic mass is 16.5. The topological polar surface area (TPSA) is 64.4 Å². The van der Waals surface area contributed by atoms with Gasteiger partial charge in [-0.1, -0.05) is 26.0 Å². The molecule has 1 N–H and O–H groups in total. The highest BCUT2D eigenvalue weighted by Gasteiger charge is 2.20. The van der Waals surface area contributed by atoms with Gasteiger partial charge in [0.15, 0.2) is 0 Å². The highest BCUT2D eigenvalue weighted by Crippen LogP contribution is 2.34. The number of hydrogen-bond donors (Lipinski definition) is 1. The van der Waals surface area contributed by atoms with Gasteiger partial charge in [-0.05, 0) is 30.0 Å². The minimum atomic E-state index is -0.0363. The Balaban J connectivity index is 1.53. The lowest BCUT2D eigenvalue weighted by molar-refractivity contribution is 0.233. The molecule has 1 saturated heterocycles. The molecule has 3 rings (SSSR count). The van der Waals surface area contributed by atoms with Gasteiger partial charge >= 0.3 is 0 Å². The summed E-state index contributed by atoms with van der Waals surface area (Å²) in [4.78, 5) is 2.50. The molecule has 28 heavy (non-hydrogen) atoms. The van der Waals surface area contributed by atoms with E-state index in [0.717, 1.165) is 68.4 Å². The molecule has 2 aromatic rings. The van der Waals surface area contributed by atoms with Gasteiger partial charge in [-0.3, -0.25) is 4.68 Å². The van der Waals surface area contributed by atoms with Gasteiger partial charge in [0, 0.05) is 44.8 Å². The highest BCUT2D eigenvalue weighted by molar-refractivity contribution is 5.44. The molecule has 0 bridgehead atoms. The van der Waals surface area contributed by atoms with Crippen LogP contribution < -0.4 is 14.8 Å². The summed E-state index contributed by atoms with van der Waals surface area (Å²) in [5.74, 6) is 1.70. The summed E-state index contributed by atoms with van der Waals surface area (Å²) < 4.78 is 13.4. The first kappa shape index (κ1) is 20.6. The summed E-state index contributed by atoms with van der Waals surface area (Å²) in [5, 5.41) is 11.9. The molecule has 0 aliphatic carbocycles. The summed E-state index contributed by atoms with van der Waals surface area (Å²) in [6, 6.07) is 5.94. The van der Waals surface area contributed by atoms with Gasteiger partial charge in [0.2, 0.25) is 0 Å². The fraction of sp³-hybridized carbons (Fsp3) is 0.619. The molecular formula is C21H33N5O2. The maximum absolute atomic E-state index is 6.08. The van der Waals surface area contributed by atoms with Crippen molar-refractivity contribution in [3.05, 3.63) is 35.7 Å². The Morgan fingerprint density at radius 1 is 1.14 bits per heavy atom. The molecule has 1 aliphatic heterocycles. The SMILES string of the molecule is COc1ccc(OCc2cn(CCCN3CCNCC3)nn2)c(C(C)(C)C)c1. The van der Waals surface area contributed by atoms with Crippen molar-refractivity contribution in [2.24, 2.45) is 0 Å². The summed E-state index contributed by atoms with van der Waals surface area (Å²) in [6.07, 6.45) is 3.06. The Labute approximate surface area is 168 Å². The number of methoxy groups -OCH3 is 1. The number of nitrogens with one attached hydrogen (secondary N) is 1. The van der Waals surface area contributed by atoms with E-state index >= 15 is 0 Å². The third-order valence-corrected chi connectivity index (χ3v) is 5.03. The molecule has 1 aliphatic rings. The van der Waals surface area contributed by atoms with Crippen LogP contribution in [0.3, 0.4) is 0 Å². The number of hydrogen-bond acceptors (Lipinski definition) is 6. The van der Waals surface area contributed by atoms with E-state index in [-0.39, 0.29) is 5.41 Å². The molecule has 0 spiro atoms. The van der Waals surface area contributed by atoms with Crippen LogP contribution in [0.15, 0.2) is 24.4 Å². The lowest BCUT2D eigenvalue weighted by Crippen LogP contribution is -2.43. The van der Waals surface area contributed by atoms with Crippen LogP contribution in [-0.2, 0) is 18.6 Å². The molecule has 7 heteroatoms. The van der Waals surface area contributed by atoms with Gasteiger partial charge in [0.05, 0.1) is 13.3 Å². The molecule has 0 amide bonds. The summed E-state index contributed by atoms with van der Waals surface area (Å²) >= 11 is 0. The molecule has 0 atom stereocenters. The van der Waals surface area contributed by atoms with Crippen molar-refractivity contribution in [2.75, 3.05) is 39.8 Å². The van der Waals surface area contributed by atoms with E-state index < -0.39 is 0 Å². The lowest BCUT2D eigenvalue weighted by atomic mass is 9.86. The lowest BCUT2D eigenvalue weighted by Gasteiger charge is -2.26. The molecule has 7 nitrogen and oxygen atoms in total. The molecule has 0 saturated carbocycles. The van der Waals surface area contributed by atoms with Gasteiger partial charge in [0.25, 0.3) is 0 Å². The first-order valence-corrected chi connectivity index (χ1v) is 10.1. The van der Waals surface area contributed by atoms with E-state index in [2.05, 4.69) is 41.3 Å². The van der Waals surface area contributed by atoms with Crippen molar-refractivity contribution < 1.29 is 9.47 Å². The second kappa shape index (κ2) is 9.39. The van der Waals surface area contributed by atoms with Crippen molar-refractivity contribution in [1.82, 2.24) is 25.2 Å². The Kier molecular flexibility index (Phi) is 6.91. The summed E-state index contributed by atoms with van der Waals surface area (Å²) in [5.41, 5.74) is 1.93. The molecule has 1 aromatic carbocycles. The van der Waals surface area contributed by atoms with Crippen LogP contribution in [-0.4, -0.2) is 59.7 Å². The molecule has 1 fully saturated rings. The van der Waals surface area contributed by atoms with Crippen LogP contribution >= 0.6 is 0 Å². The standard InChI is InChI=1S/C21H33N5O2/c1-21(2,3)19-14-18(27-4)6-7-20(19)28-16-17-15-26(24-23-17)11-5-10-25-12-8-22-9-13-25/h6-7,14-15,22H,5,8-13,16H2,1-4H3. The van der Waals surface area contributed by atoms with Crippen LogP contribution in [0, 0.1) is 0 Å². The molecule has 1 aromatic heterocycles. The fourth-order valence-electron chi connectivity index (χ4n) is 3.40. The smallest absolute Gasteiger partial charge is 0.134 e. The second-order valence-electron chi connectivity index (χ2n) is 8.32. The monoisotopic (exact) mass is 387 g/mol. The third-order valence-electron chi connectivity index (χ3n) is 5.03. The van der Waals surface area contributed by atoms with E-state index in [0.29, 0.717) is 6.61 Å². The largest absolute Gasteiger partial charge is 0.497 e. The van der Waals surface area contributed by atoms with E-state index in [1.165, 1.54) is 0 Å². The van der Waals surface area contributed by atoms with E-state index in [1.807, 2.05) is 29.1 Å². The zero-order valence-electron chi connectivity index (χ0n) is 17.6. The van der Waals surface area contributed by atoms with Gasteiger partial charge in [-0.15, -0.1) is 5.10 Å².